The number of nitrogens with one attached hydrogen (secondary N) is 1. The second-order valence-corrected chi connectivity index (χ2v) is 4.19. The van der Waals surface area contributed by atoms with E-state index in [1.54, 1.807) is 0 Å². The van der Waals surface area contributed by atoms with Gasteiger partial charge in [-0.15, -0.1) is 0 Å². The first-order chi connectivity index (χ1) is 6.06. The third-order valence-electron chi connectivity index (χ3n) is 2.00. The van der Waals surface area contributed by atoms with Crippen LogP contribution < -0.4 is 5.32 Å². The van der Waals surface area contributed by atoms with Gasteiger partial charge in [-0.05, 0) is 0 Å². The molecule has 6 heteroatoms. The van der Waals surface area contributed by atoms with Crippen LogP contribution in [0.25, 0.3) is 0 Å². The molecule has 0 saturated carbocycles. The van der Waals surface area contributed by atoms with Crippen LogP contribution in [0, 0.1) is 5.41 Å². The van der Waals surface area contributed by atoms with E-state index in [1.807, 2.05) is 0 Å². The van der Waals surface area contributed by atoms with Crippen LogP contribution in [0.3, 0.4) is 0 Å². The molecule has 2 aliphatic heterocycles. The first-order valence-corrected chi connectivity index (χ1v) is 4.96. The lowest BCUT2D eigenvalue weighted by Gasteiger charge is -2.49. The van der Waals surface area contributed by atoms with E-state index in [-0.39, 0.29) is 0 Å². The fraction of sp³-hybridized carbons (Fsp3) is 0.714. The molecule has 5 nitrogen and oxygen atoms in total. The molecule has 0 radical (unpaired) electrons. The van der Waals surface area contributed by atoms with Gasteiger partial charge in [0.15, 0.2) is 0 Å². The Bertz CT molecular complexity index is 195. The van der Waals surface area contributed by atoms with Crippen molar-refractivity contribution in [1.82, 2.24) is 5.32 Å². The van der Waals surface area contributed by atoms with E-state index < -0.39 is 11.9 Å². The number of carbonyl (C=O) groups is 2. The Morgan fingerprint density at radius 1 is 1.15 bits per heavy atom. The Kier molecular flexibility index (Phi) is 3.16. The molecule has 74 valence electrons. The molecule has 0 aromatic heterocycles. The second-order valence-electron chi connectivity index (χ2n) is 3.21. The summed E-state index contributed by atoms with van der Waals surface area (Å²) < 4.78 is 0. The Morgan fingerprint density at radius 2 is 1.62 bits per heavy atom. The average Bonchev–Trinajstić information content (AvgIpc) is 1.80. The van der Waals surface area contributed by atoms with Gasteiger partial charge in [0, 0.05) is 30.0 Å². The number of carboxylic acids is 2. The van der Waals surface area contributed by atoms with E-state index in [0.29, 0.717) is 0 Å². The van der Waals surface area contributed by atoms with E-state index in [4.69, 9.17) is 19.8 Å². The fourth-order valence-corrected chi connectivity index (χ4v) is 2.26. The largest absolute Gasteiger partial charge is 0.473 e. The van der Waals surface area contributed by atoms with Crippen LogP contribution in [-0.2, 0) is 9.59 Å². The van der Waals surface area contributed by atoms with E-state index in [2.05, 4.69) is 17.1 Å². The lowest BCUT2D eigenvalue weighted by molar-refractivity contribution is -0.159. The maximum Gasteiger partial charge on any atom is 0.414 e. The monoisotopic (exact) mass is 205 g/mol. The van der Waals surface area contributed by atoms with E-state index >= 15 is 0 Å². The molecule has 0 aromatic rings. The van der Waals surface area contributed by atoms with Crippen LogP contribution in [0.1, 0.15) is 0 Å². The van der Waals surface area contributed by atoms with Crippen LogP contribution >= 0.6 is 11.8 Å². The van der Waals surface area contributed by atoms with Crippen molar-refractivity contribution in [3.8, 4) is 0 Å². The Balaban J connectivity index is 0.000000133. The van der Waals surface area contributed by atoms with Crippen molar-refractivity contribution in [2.75, 3.05) is 24.6 Å². The summed E-state index contributed by atoms with van der Waals surface area (Å²) in [6.07, 6.45) is 0. The third-order valence-corrected chi connectivity index (χ3v) is 3.63. The average molecular weight is 205 g/mol. The van der Waals surface area contributed by atoms with Crippen LogP contribution in [0.5, 0.6) is 0 Å². The molecule has 0 atom stereocenters. The van der Waals surface area contributed by atoms with Crippen molar-refractivity contribution in [1.29, 1.82) is 0 Å². The zero-order valence-corrected chi connectivity index (χ0v) is 7.76. The summed E-state index contributed by atoms with van der Waals surface area (Å²) >= 11 is 2.08. The fourth-order valence-electron chi connectivity index (χ4n) is 1.07. The topological polar surface area (TPSA) is 86.6 Å². The number of carboxylic acid groups (broad SMARTS) is 2. The van der Waals surface area contributed by atoms with Gasteiger partial charge in [0.1, 0.15) is 0 Å². The van der Waals surface area contributed by atoms with E-state index in [9.17, 15) is 0 Å². The van der Waals surface area contributed by atoms with E-state index in [0.717, 1.165) is 5.41 Å². The Hall–Kier alpha value is -0.750. The van der Waals surface area contributed by atoms with Crippen molar-refractivity contribution in [2.24, 2.45) is 5.41 Å². The smallest absolute Gasteiger partial charge is 0.414 e. The first-order valence-electron chi connectivity index (χ1n) is 3.80. The first kappa shape index (κ1) is 10.3. The van der Waals surface area contributed by atoms with E-state index in [1.165, 1.54) is 24.6 Å². The van der Waals surface area contributed by atoms with Gasteiger partial charge in [-0.3, -0.25) is 0 Å². The Labute approximate surface area is 79.5 Å². The SMILES string of the molecule is C1NCC12CSC2.O=C(O)C(=O)O. The van der Waals surface area contributed by atoms with Gasteiger partial charge >= 0.3 is 11.9 Å². The predicted octanol–water partition coefficient (Wildman–Crippen LogP) is -0.522. The standard InChI is InChI=1S/C5H9NS.C2H2O4/c1-5(2-6-1)3-7-4-5;3-1(4)2(5)6/h6H,1-4H2;(H,3,4)(H,5,6). The summed E-state index contributed by atoms with van der Waals surface area (Å²) in [5.74, 6) is -0.815. The summed E-state index contributed by atoms with van der Waals surface area (Å²) in [4.78, 5) is 18.2. The highest BCUT2D eigenvalue weighted by atomic mass is 32.2. The molecule has 2 heterocycles. The van der Waals surface area contributed by atoms with Gasteiger partial charge in [0.2, 0.25) is 0 Å². The number of rotatable bonds is 0. The lowest BCUT2D eigenvalue weighted by Crippen LogP contribution is -2.60. The van der Waals surface area contributed by atoms with Crippen LogP contribution in [0.15, 0.2) is 0 Å². The number of hydrogen-bond donors (Lipinski definition) is 3. The second kappa shape index (κ2) is 3.97. The third kappa shape index (κ3) is 2.60. The molecule has 0 aromatic carbocycles. The van der Waals surface area contributed by atoms with Crippen molar-refractivity contribution in [3.05, 3.63) is 0 Å². The molecule has 1 spiro atoms. The molecule has 2 fully saturated rings. The summed E-state index contributed by atoms with van der Waals surface area (Å²) in [6, 6.07) is 0. The van der Waals surface area contributed by atoms with Gasteiger partial charge in [0.05, 0.1) is 0 Å². The van der Waals surface area contributed by atoms with Gasteiger partial charge < -0.3 is 15.5 Å². The van der Waals surface area contributed by atoms with Crippen molar-refractivity contribution in [3.63, 3.8) is 0 Å². The minimum Gasteiger partial charge on any atom is -0.473 e. The quantitative estimate of drug-likeness (QED) is 0.461. The summed E-state index contributed by atoms with van der Waals surface area (Å²) in [6.45, 7) is 2.58. The highest BCUT2D eigenvalue weighted by Crippen LogP contribution is 2.40. The summed E-state index contributed by atoms with van der Waals surface area (Å²) in [5.41, 5.74) is 0.796. The Morgan fingerprint density at radius 3 is 1.62 bits per heavy atom. The minimum atomic E-state index is -1.82. The normalized spacial score (nSPS) is 21.8. The molecule has 0 aliphatic carbocycles. The molecule has 2 rings (SSSR count). The highest BCUT2D eigenvalue weighted by Gasteiger charge is 2.42. The molecule has 0 unspecified atom stereocenters. The number of thioether (sulfide) groups is 1. The van der Waals surface area contributed by atoms with Gasteiger partial charge in [0.25, 0.3) is 0 Å². The molecule has 13 heavy (non-hydrogen) atoms. The predicted molar refractivity (Wildman–Crippen MR) is 47.9 cm³/mol. The number of hydrogen-bond acceptors (Lipinski definition) is 4. The van der Waals surface area contributed by atoms with Crippen LogP contribution in [0.2, 0.25) is 0 Å². The lowest BCUT2D eigenvalue weighted by atomic mass is 9.85. The zero-order chi connectivity index (χ0) is 9.90. The van der Waals surface area contributed by atoms with Crippen LogP contribution in [-0.4, -0.2) is 46.7 Å². The molecule has 2 saturated heterocycles. The summed E-state index contributed by atoms with van der Waals surface area (Å²) in [5, 5.41) is 18.1. The molecule has 2 aliphatic rings. The molecular formula is C7H11NO4S. The van der Waals surface area contributed by atoms with Crippen molar-refractivity contribution in [2.45, 2.75) is 0 Å². The maximum absolute atomic E-state index is 9.10. The van der Waals surface area contributed by atoms with Crippen LogP contribution in [0.4, 0.5) is 0 Å². The van der Waals surface area contributed by atoms with Crippen molar-refractivity contribution < 1.29 is 19.8 Å². The van der Waals surface area contributed by atoms with Gasteiger partial charge in [-0.1, -0.05) is 0 Å². The minimum absolute atomic E-state index is 0.796. The van der Waals surface area contributed by atoms with Gasteiger partial charge in [-0.25, -0.2) is 9.59 Å². The van der Waals surface area contributed by atoms with Gasteiger partial charge in [-0.2, -0.15) is 11.8 Å². The van der Waals surface area contributed by atoms with Crippen molar-refractivity contribution >= 4 is 23.7 Å². The molecule has 0 bridgehead atoms. The summed E-state index contributed by atoms with van der Waals surface area (Å²) in [7, 11) is 0. The number of aliphatic carboxylic acids is 2. The molecular weight excluding hydrogens is 194 g/mol. The molecule has 0 amide bonds. The highest BCUT2D eigenvalue weighted by molar-refractivity contribution is 8.00. The zero-order valence-electron chi connectivity index (χ0n) is 6.95. The molecule has 3 N–H and O–H groups in total. The maximum atomic E-state index is 9.10.